The highest BCUT2D eigenvalue weighted by Crippen LogP contribution is 2.25. The number of nitrogens with two attached hydrogens (primary N) is 1. The maximum absolute atomic E-state index is 11.8. The van der Waals surface area contributed by atoms with Crippen LogP contribution in [0.15, 0.2) is 0 Å². The number of hydrogen-bond acceptors (Lipinski definition) is 3. The third kappa shape index (κ3) is 6.92. The molecule has 0 unspecified atom stereocenters. The molecule has 4 nitrogen and oxygen atoms in total. The van der Waals surface area contributed by atoms with Gasteiger partial charge in [0, 0.05) is 25.0 Å². The summed E-state index contributed by atoms with van der Waals surface area (Å²) in [6, 6.07) is 0.938. The molecule has 1 rings (SSSR count). The van der Waals surface area contributed by atoms with Gasteiger partial charge in [-0.2, -0.15) is 0 Å². The van der Waals surface area contributed by atoms with Gasteiger partial charge >= 0.3 is 0 Å². The minimum absolute atomic E-state index is 0.215. The number of carbonyl (C=O) groups excluding carboxylic acids is 1. The van der Waals surface area contributed by atoms with E-state index in [0.29, 0.717) is 24.4 Å². The monoisotopic (exact) mass is 269 g/mol. The molecule has 1 amide bonds. The van der Waals surface area contributed by atoms with Crippen LogP contribution in [0, 0.1) is 5.92 Å². The molecule has 19 heavy (non-hydrogen) atoms. The Morgan fingerprint density at radius 3 is 2.53 bits per heavy atom. The maximum Gasteiger partial charge on any atom is 0.220 e. The molecule has 112 valence electrons. The largest absolute Gasteiger partial charge is 0.356 e. The topological polar surface area (TPSA) is 58.4 Å². The Labute approximate surface area is 118 Å². The van der Waals surface area contributed by atoms with E-state index in [-0.39, 0.29) is 5.91 Å². The molecule has 1 saturated carbocycles. The smallest absolute Gasteiger partial charge is 0.220 e. The molecule has 4 heteroatoms. The summed E-state index contributed by atoms with van der Waals surface area (Å²) >= 11 is 0. The highest BCUT2D eigenvalue weighted by molar-refractivity contribution is 5.76. The van der Waals surface area contributed by atoms with E-state index in [2.05, 4.69) is 31.1 Å². The van der Waals surface area contributed by atoms with Gasteiger partial charge in [0.15, 0.2) is 0 Å². The average Bonchev–Trinajstić information content (AvgIpc) is 2.37. The Bertz CT molecular complexity index is 260. The minimum atomic E-state index is 0.215. The van der Waals surface area contributed by atoms with Gasteiger partial charge in [-0.1, -0.05) is 0 Å². The Morgan fingerprint density at radius 1 is 1.32 bits per heavy atom. The Hall–Kier alpha value is -0.610. The lowest BCUT2D eigenvalue weighted by molar-refractivity contribution is -0.122. The van der Waals surface area contributed by atoms with Gasteiger partial charge in [0.25, 0.3) is 0 Å². The van der Waals surface area contributed by atoms with Crippen molar-refractivity contribution in [1.29, 1.82) is 0 Å². The van der Waals surface area contributed by atoms with E-state index in [9.17, 15) is 4.79 Å². The Kier molecular flexibility index (Phi) is 7.39. The molecule has 1 aliphatic rings. The first-order valence-electron chi connectivity index (χ1n) is 7.71. The summed E-state index contributed by atoms with van der Waals surface area (Å²) in [5.41, 5.74) is 5.87. The number of nitrogens with zero attached hydrogens (tertiary/aromatic N) is 1. The molecule has 1 aliphatic carbocycles. The fraction of sp³-hybridized carbons (Fsp3) is 0.933. The van der Waals surface area contributed by atoms with Crippen LogP contribution in [-0.4, -0.2) is 43.0 Å². The van der Waals surface area contributed by atoms with Crippen molar-refractivity contribution in [1.82, 2.24) is 10.2 Å². The molecule has 0 radical (unpaired) electrons. The van der Waals surface area contributed by atoms with Crippen LogP contribution in [0.5, 0.6) is 0 Å². The summed E-state index contributed by atoms with van der Waals surface area (Å²) in [5, 5.41) is 3.04. The molecule has 0 aromatic rings. The summed E-state index contributed by atoms with van der Waals surface area (Å²) < 4.78 is 0. The molecule has 0 spiro atoms. The zero-order chi connectivity index (χ0) is 14.3. The predicted octanol–water partition coefficient (Wildman–Crippen LogP) is 1.74. The summed E-state index contributed by atoms with van der Waals surface area (Å²) in [6.07, 6.45) is 6.10. The van der Waals surface area contributed by atoms with Crippen molar-refractivity contribution in [3.63, 3.8) is 0 Å². The maximum atomic E-state index is 11.8. The van der Waals surface area contributed by atoms with E-state index in [4.69, 9.17) is 5.73 Å². The second kappa shape index (κ2) is 8.54. The van der Waals surface area contributed by atoms with Gasteiger partial charge in [-0.3, -0.25) is 4.79 Å². The van der Waals surface area contributed by atoms with E-state index in [1.54, 1.807) is 0 Å². The fourth-order valence-corrected chi connectivity index (χ4v) is 2.54. The van der Waals surface area contributed by atoms with Crippen molar-refractivity contribution < 1.29 is 4.79 Å². The van der Waals surface area contributed by atoms with E-state index < -0.39 is 0 Å². The van der Waals surface area contributed by atoms with Gasteiger partial charge in [0.2, 0.25) is 5.91 Å². The summed E-state index contributed by atoms with van der Waals surface area (Å²) in [5.74, 6) is 0.769. The Balaban J connectivity index is 2.05. The van der Waals surface area contributed by atoms with Gasteiger partial charge in [-0.05, 0) is 65.5 Å². The standard InChI is InChI=1S/C15H31N3O/c1-12(2)18(3)10-4-9-17-15(19)11-13-5-7-14(16)8-6-13/h12-14H,4-11,16H2,1-3H3,(H,17,19). The minimum Gasteiger partial charge on any atom is -0.356 e. The van der Waals surface area contributed by atoms with Crippen LogP contribution in [0.25, 0.3) is 0 Å². The lowest BCUT2D eigenvalue weighted by atomic mass is 9.84. The van der Waals surface area contributed by atoms with E-state index in [1.165, 1.54) is 0 Å². The molecule has 0 aromatic heterocycles. The van der Waals surface area contributed by atoms with Crippen LogP contribution in [0.2, 0.25) is 0 Å². The summed E-state index contributed by atoms with van der Waals surface area (Å²) in [4.78, 5) is 14.1. The summed E-state index contributed by atoms with van der Waals surface area (Å²) in [6.45, 7) is 6.21. The van der Waals surface area contributed by atoms with Crippen molar-refractivity contribution in [2.24, 2.45) is 11.7 Å². The normalized spacial score (nSPS) is 23.9. The Morgan fingerprint density at radius 2 is 1.95 bits per heavy atom. The first kappa shape index (κ1) is 16.4. The van der Waals surface area contributed by atoms with Crippen molar-refractivity contribution in [3.05, 3.63) is 0 Å². The first-order chi connectivity index (χ1) is 8.99. The van der Waals surface area contributed by atoms with Gasteiger partial charge in [-0.15, -0.1) is 0 Å². The number of rotatable bonds is 7. The second-order valence-corrected chi connectivity index (χ2v) is 6.26. The van der Waals surface area contributed by atoms with Crippen molar-refractivity contribution >= 4 is 5.91 Å². The molecule has 0 heterocycles. The highest BCUT2D eigenvalue weighted by Gasteiger charge is 2.20. The highest BCUT2D eigenvalue weighted by atomic mass is 16.1. The first-order valence-corrected chi connectivity index (χ1v) is 7.71. The van der Waals surface area contributed by atoms with Crippen molar-refractivity contribution in [2.75, 3.05) is 20.1 Å². The molecule has 0 bridgehead atoms. The van der Waals surface area contributed by atoms with Crippen LogP contribution in [0.3, 0.4) is 0 Å². The van der Waals surface area contributed by atoms with Gasteiger partial charge in [0.05, 0.1) is 0 Å². The number of nitrogens with one attached hydrogen (secondary N) is 1. The molecule has 0 saturated heterocycles. The third-order valence-electron chi connectivity index (χ3n) is 4.26. The molecule has 0 aromatic carbocycles. The van der Waals surface area contributed by atoms with Gasteiger partial charge in [-0.25, -0.2) is 0 Å². The van der Waals surface area contributed by atoms with E-state index >= 15 is 0 Å². The van der Waals surface area contributed by atoms with Crippen LogP contribution in [0.4, 0.5) is 0 Å². The quantitative estimate of drug-likeness (QED) is 0.692. The molecule has 0 atom stereocenters. The number of hydrogen-bond donors (Lipinski definition) is 2. The number of carbonyl (C=O) groups is 1. The summed E-state index contributed by atoms with van der Waals surface area (Å²) in [7, 11) is 2.12. The zero-order valence-corrected chi connectivity index (χ0v) is 12.8. The molecular weight excluding hydrogens is 238 g/mol. The van der Waals surface area contributed by atoms with Crippen LogP contribution < -0.4 is 11.1 Å². The zero-order valence-electron chi connectivity index (χ0n) is 12.8. The average molecular weight is 269 g/mol. The lowest BCUT2D eigenvalue weighted by Crippen LogP contribution is -2.33. The van der Waals surface area contributed by atoms with Gasteiger partial charge < -0.3 is 16.0 Å². The molecule has 1 fully saturated rings. The van der Waals surface area contributed by atoms with Crippen LogP contribution in [0.1, 0.15) is 52.4 Å². The number of amides is 1. The van der Waals surface area contributed by atoms with Crippen LogP contribution >= 0.6 is 0 Å². The van der Waals surface area contributed by atoms with Crippen molar-refractivity contribution in [2.45, 2.75) is 64.5 Å². The van der Waals surface area contributed by atoms with Crippen molar-refractivity contribution in [3.8, 4) is 0 Å². The fourth-order valence-electron chi connectivity index (χ4n) is 2.54. The lowest BCUT2D eigenvalue weighted by Gasteiger charge is -2.25. The second-order valence-electron chi connectivity index (χ2n) is 6.26. The SMILES string of the molecule is CC(C)N(C)CCCNC(=O)CC1CCC(N)CC1. The van der Waals surface area contributed by atoms with Crippen LogP contribution in [-0.2, 0) is 4.79 Å². The molecular formula is C15H31N3O. The molecule has 0 aliphatic heterocycles. The van der Waals surface area contributed by atoms with E-state index in [0.717, 1.165) is 45.2 Å². The molecule has 3 N–H and O–H groups in total. The van der Waals surface area contributed by atoms with E-state index in [1.807, 2.05) is 0 Å². The predicted molar refractivity (Wildman–Crippen MR) is 79.9 cm³/mol. The van der Waals surface area contributed by atoms with Gasteiger partial charge in [0.1, 0.15) is 0 Å². The third-order valence-corrected chi connectivity index (χ3v) is 4.26.